The highest BCUT2D eigenvalue weighted by Crippen LogP contribution is 2.31. The van der Waals surface area contributed by atoms with Crippen molar-refractivity contribution in [1.29, 1.82) is 0 Å². The highest BCUT2D eigenvalue weighted by Gasteiger charge is 2.28. The molecule has 5 heteroatoms. The van der Waals surface area contributed by atoms with Gasteiger partial charge in [-0.25, -0.2) is 5.84 Å². The minimum absolute atomic E-state index is 0.309. The third kappa shape index (κ3) is 1.73. The van der Waals surface area contributed by atoms with Crippen LogP contribution in [0.1, 0.15) is 0 Å². The molecule has 2 rings (SSSR count). The summed E-state index contributed by atoms with van der Waals surface area (Å²) >= 11 is 0. The lowest BCUT2D eigenvalue weighted by Crippen LogP contribution is -2.49. The van der Waals surface area contributed by atoms with E-state index in [4.69, 9.17) is 10.6 Å². The van der Waals surface area contributed by atoms with Gasteiger partial charge in [0.15, 0.2) is 6.10 Å². The minimum atomic E-state index is -0.546. The van der Waals surface area contributed by atoms with E-state index in [1.165, 1.54) is 0 Å². The van der Waals surface area contributed by atoms with E-state index in [2.05, 4.69) is 5.43 Å². The molecular formula is C10H13N3O2. The van der Waals surface area contributed by atoms with E-state index in [-0.39, 0.29) is 5.91 Å². The van der Waals surface area contributed by atoms with Crippen LogP contribution in [0.4, 0.5) is 5.69 Å². The molecule has 0 radical (unpaired) electrons. The van der Waals surface area contributed by atoms with E-state index in [0.29, 0.717) is 12.3 Å². The molecule has 1 aliphatic heterocycles. The summed E-state index contributed by atoms with van der Waals surface area (Å²) in [5.41, 5.74) is 3.08. The van der Waals surface area contributed by atoms with Gasteiger partial charge in [0.25, 0.3) is 5.91 Å². The normalized spacial score (nSPS) is 19.1. The molecule has 15 heavy (non-hydrogen) atoms. The van der Waals surface area contributed by atoms with Crippen LogP contribution in [0, 0.1) is 0 Å². The molecule has 0 saturated carbocycles. The fourth-order valence-corrected chi connectivity index (χ4v) is 1.64. The van der Waals surface area contributed by atoms with Crippen LogP contribution in [0.5, 0.6) is 5.75 Å². The summed E-state index contributed by atoms with van der Waals surface area (Å²) in [7, 11) is 1.91. The second-order valence-electron chi connectivity index (χ2n) is 3.46. The van der Waals surface area contributed by atoms with E-state index in [0.717, 1.165) is 5.69 Å². The van der Waals surface area contributed by atoms with Crippen molar-refractivity contribution in [3.8, 4) is 5.75 Å². The molecular weight excluding hydrogens is 194 g/mol. The van der Waals surface area contributed by atoms with Crippen molar-refractivity contribution in [1.82, 2.24) is 5.43 Å². The van der Waals surface area contributed by atoms with Crippen LogP contribution in [-0.2, 0) is 4.79 Å². The Morgan fingerprint density at radius 1 is 1.60 bits per heavy atom. The van der Waals surface area contributed by atoms with E-state index < -0.39 is 6.10 Å². The molecule has 1 amide bonds. The Hall–Kier alpha value is -1.75. The second-order valence-corrected chi connectivity index (χ2v) is 3.46. The van der Waals surface area contributed by atoms with Crippen LogP contribution in [-0.4, -0.2) is 25.6 Å². The Morgan fingerprint density at radius 2 is 2.33 bits per heavy atom. The first-order valence-electron chi connectivity index (χ1n) is 4.69. The van der Waals surface area contributed by atoms with Gasteiger partial charge < -0.3 is 9.64 Å². The Kier molecular flexibility index (Phi) is 2.47. The summed E-state index contributed by atoms with van der Waals surface area (Å²) in [6.07, 6.45) is -0.546. The number of ether oxygens (including phenoxy) is 1. The summed E-state index contributed by atoms with van der Waals surface area (Å²) < 4.78 is 5.52. The number of carbonyl (C=O) groups excluding carboxylic acids is 1. The van der Waals surface area contributed by atoms with E-state index in [9.17, 15) is 4.79 Å². The highest BCUT2D eigenvalue weighted by molar-refractivity contribution is 5.82. The third-order valence-electron chi connectivity index (χ3n) is 2.42. The van der Waals surface area contributed by atoms with E-state index >= 15 is 0 Å². The predicted octanol–water partition coefficient (Wildman–Crippen LogP) is -0.126. The first-order chi connectivity index (χ1) is 7.22. The number of nitrogens with one attached hydrogen (secondary N) is 1. The van der Waals surface area contributed by atoms with Crippen LogP contribution in [0.25, 0.3) is 0 Å². The first kappa shape index (κ1) is 9.79. The Morgan fingerprint density at radius 3 is 3.07 bits per heavy atom. The third-order valence-corrected chi connectivity index (χ3v) is 2.42. The molecule has 0 spiro atoms. The number of hydrogen-bond donors (Lipinski definition) is 2. The lowest BCUT2D eigenvalue weighted by Gasteiger charge is -2.32. The van der Waals surface area contributed by atoms with Gasteiger partial charge in [-0.15, -0.1) is 0 Å². The molecule has 0 bridgehead atoms. The molecule has 1 aromatic rings. The molecule has 0 aromatic heterocycles. The Balaban J connectivity index is 2.26. The molecule has 1 heterocycles. The summed E-state index contributed by atoms with van der Waals surface area (Å²) in [6, 6.07) is 7.59. The maximum absolute atomic E-state index is 11.3. The van der Waals surface area contributed by atoms with Gasteiger partial charge in [0.05, 0.1) is 12.2 Å². The maximum atomic E-state index is 11.3. The van der Waals surface area contributed by atoms with Crippen molar-refractivity contribution >= 4 is 11.6 Å². The monoisotopic (exact) mass is 207 g/mol. The number of anilines is 1. The summed E-state index contributed by atoms with van der Waals surface area (Å²) in [4.78, 5) is 13.3. The number of hydrazine groups is 1. The predicted molar refractivity (Wildman–Crippen MR) is 56.5 cm³/mol. The molecule has 0 aliphatic carbocycles. The fourth-order valence-electron chi connectivity index (χ4n) is 1.64. The Labute approximate surface area is 87.8 Å². The zero-order valence-electron chi connectivity index (χ0n) is 8.43. The van der Waals surface area contributed by atoms with Crippen molar-refractivity contribution in [3.05, 3.63) is 24.3 Å². The number of rotatable bonds is 1. The number of nitrogens with zero attached hydrogens (tertiary/aromatic N) is 1. The molecule has 0 saturated heterocycles. The Bertz CT molecular complexity index is 381. The van der Waals surface area contributed by atoms with Gasteiger partial charge in [0, 0.05) is 7.05 Å². The lowest BCUT2D eigenvalue weighted by molar-refractivity contribution is -0.127. The number of benzene rings is 1. The quantitative estimate of drug-likeness (QED) is 0.382. The van der Waals surface area contributed by atoms with Crippen LogP contribution >= 0.6 is 0 Å². The smallest absolute Gasteiger partial charge is 0.276 e. The van der Waals surface area contributed by atoms with Crippen LogP contribution in [0.3, 0.4) is 0 Å². The van der Waals surface area contributed by atoms with Crippen molar-refractivity contribution in [2.24, 2.45) is 5.84 Å². The van der Waals surface area contributed by atoms with Gasteiger partial charge in [-0.05, 0) is 12.1 Å². The SMILES string of the molecule is CN1CC(C(=O)NN)Oc2ccccc21. The van der Waals surface area contributed by atoms with Gasteiger partial charge in [-0.2, -0.15) is 0 Å². The number of amides is 1. The molecule has 1 unspecified atom stereocenters. The first-order valence-corrected chi connectivity index (χ1v) is 4.69. The summed E-state index contributed by atoms with van der Waals surface area (Å²) in [6.45, 7) is 0.500. The standard InChI is InChI=1S/C10H13N3O2/c1-13-6-9(10(14)12-11)15-8-5-3-2-4-7(8)13/h2-5,9H,6,11H2,1H3,(H,12,14). The highest BCUT2D eigenvalue weighted by atomic mass is 16.5. The van der Waals surface area contributed by atoms with Crippen molar-refractivity contribution in [2.45, 2.75) is 6.10 Å². The molecule has 5 nitrogen and oxygen atoms in total. The van der Waals surface area contributed by atoms with Gasteiger partial charge in [0.1, 0.15) is 5.75 Å². The van der Waals surface area contributed by atoms with Crippen LogP contribution < -0.4 is 20.9 Å². The number of para-hydroxylation sites is 2. The number of nitrogens with two attached hydrogens (primary N) is 1. The summed E-state index contributed by atoms with van der Waals surface area (Å²) in [5.74, 6) is 5.47. The van der Waals surface area contributed by atoms with Gasteiger partial charge in [-0.3, -0.25) is 10.2 Å². The van der Waals surface area contributed by atoms with Crippen molar-refractivity contribution < 1.29 is 9.53 Å². The maximum Gasteiger partial charge on any atom is 0.276 e. The van der Waals surface area contributed by atoms with Gasteiger partial charge in [-0.1, -0.05) is 12.1 Å². The van der Waals surface area contributed by atoms with E-state index in [1.54, 1.807) is 0 Å². The van der Waals surface area contributed by atoms with E-state index in [1.807, 2.05) is 36.2 Å². The zero-order chi connectivity index (χ0) is 10.8. The van der Waals surface area contributed by atoms with Gasteiger partial charge >= 0.3 is 0 Å². The van der Waals surface area contributed by atoms with Crippen molar-refractivity contribution in [3.63, 3.8) is 0 Å². The number of likely N-dealkylation sites (N-methyl/N-ethyl adjacent to an activating group) is 1. The van der Waals surface area contributed by atoms with Crippen LogP contribution in [0.15, 0.2) is 24.3 Å². The zero-order valence-corrected chi connectivity index (χ0v) is 8.43. The number of hydrogen-bond acceptors (Lipinski definition) is 4. The molecule has 1 atom stereocenters. The van der Waals surface area contributed by atoms with Gasteiger partial charge in [0.2, 0.25) is 0 Å². The molecule has 1 aromatic carbocycles. The molecule has 1 aliphatic rings. The molecule has 80 valence electrons. The minimum Gasteiger partial charge on any atom is -0.476 e. The average Bonchev–Trinajstić information content (AvgIpc) is 2.28. The largest absolute Gasteiger partial charge is 0.476 e. The summed E-state index contributed by atoms with van der Waals surface area (Å²) in [5, 5.41) is 0. The average molecular weight is 207 g/mol. The second kappa shape index (κ2) is 3.78. The molecule has 3 N–H and O–H groups in total. The topological polar surface area (TPSA) is 67.6 Å². The fraction of sp³-hybridized carbons (Fsp3) is 0.300. The molecule has 0 fully saturated rings. The lowest BCUT2D eigenvalue weighted by atomic mass is 10.2. The van der Waals surface area contributed by atoms with Crippen molar-refractivity contribution in [2.75, 3.05) is 18.5 Å². The number of fused-ring (bicyclic) bond motifs is 1. The number of carbonyl (C=O) groups is 1. The van der Waals surface area contributed by atoms with Crippen LogP contribution in [0.2, 0.25) is 0 Å².